The van der Waals surface area contributed by atoms with Gasteiger partial charge in [-0.3, -0.25) is 4.79 Å². The number of nitrogens with one attached hydrogen (secondary N) is 1. The highest BCUT2D eigenvalue weighted by molar-refractivity contribution is 8.01. The SMILES string of the molecule is Cc1ccc2c(c1)S[C@H](C(=O)Nc1ccccc1)C2. The van der Waals surface area contributed by atoms with Gasteiger partial charge < -0.3 is 5.32 Å². The molecule has 1 N–H and O–H groups in total. The normalized spacial score (nSPS) is 17.0. The average molecular weight is 269 g/mol. The van der Waals surface area contributed by atoms with Crippen molar-refractivity contribution in [2.24, 2.45) is 0 Å². The van der Waals surface area contributed by atoms with Crippen LogP contribution in [0.5, 0.6) is 0 Å². The van der Waals surface area contributed by atoms with Gasteiger partial charge in [-0.25, -0.2) is 0 Å². The summed E-state index contributed by atoms with van der Waals surface area (Å²) in [5.41, 5.74) is 3.39. The maximum Gasteiger partial charge on any atom is 0.238 e. The van der Waals surface area contributed by atoms with E-state index in [1.54, 1.807) is 11.8 Å². The molecule has 2 nitrogen and oxygen atoms in total. The van der Waals surface area contributed by atoms with E-state index in [9.17, 15) is 4.79 Å². The largest absolute Gasteiger partial charge is 0.325 e. The van der Waals surface area contributed by atoms with Gasteiger partial charge in [-0.1, -0.05) is 35.9 Å². The Labute approximate surface area is 117 Å². The van der Waals surface area contributed by atoms with Crippen molar-refractivity contribution in [3.05, 3.63) is 59.7 Å². The van der Waals surface area contributed by atoms with E-state index in [1.807, 2.05) is 30.3 Å². The molecule has 1 amide bonds. The molecule has 1 aliphatic rings. The van der Waals surface area contributed by atoms with E-state index >= 15 is 0 Å². The summed E-state index contributed by atoms with van der Waals surface area (Å²) in [7, 11) is 0. The molecule has 2 aromatic carbocycles. The van der Waals surface area contributed by atoms with Crippen molar-refractivity contribution >= 4 is 23.4 Å². The molecule has 3 rings (SSSR count). The number of hydrogen-bond acceptors (Lipinski definition) is 2. The van der Waals surface area contributed by atoms with Gasteiger partial charge in [-0.15, -0.1) is 11.8 Å². The molecule has 0 bridgehead atoms. The lowest BCUT2D eigenvalue weighted by atomic mass is 10.1. The minimum Gasteiger partial charge on any atom is -0.325 e. The number of anilines is 1. The molecule has 0 radical (unpaired) electrons. The molecule has 0 unspecified atom stereocenters. The number of rotatable bonds is 2. The fourth-order valence-electron chi connectivity index (χ4n) is 2.23. The Kier molecular flexibility index (Phi) is 3.30. The molecular formula is C16H15NOS. The minimum atomic E-state index is -0.0167. The van der Waals surface area contributed by atoms with Crippen molar-refractivity contribution in [1.29, 1.82) is 0 Å². The second kappa shape index (κ2) is 5.10. The zero-order valence-corrected chi connectivity index (χ0v) is 11.5. The number of benzene rings is 2. The van der Waals surface area contributed by atoms with Crippen LogP contribution < -0.4 is 5.32 Å². The summed E-state index contributed by atoms with van der Waals surface area (Å²) in [6, 6.07) is 16.0. The number of hydrogen-bond donors (Lipinski definition) is 1. The number of aryl methyl sites for hydroxylation is 1. The van der Waals surface area contributed by atoms with E-state index in [0.29, 0.717) is 0 Å². The van der Waals surface area contributed by atoms with Crippen LogP contribution in [0.15, 0.2) is 53.4 Å². The predicted octanol–water partition coefficient (Wildman–Crippen LogP) is 3.65. The van der Waals surface area contributed by atoms with Gasteiger partial charge in [0.2, 0.25) is 5.91 Å². The third-order valence-corrected chi connectivity index (χ3v) is 4.53. The number of carbonyl (C=O) groups is 1. The maximum absolute atomic E-state index is 12.2. The van der Waals surface area contributed by atoms with Gasteiger partial charge in [0.15, 0.2) is 0 Å². The van der Waals surface area contributed by atoms with Gasteiger partial charge in [0.25, 0.3) is 0 Å². The Morgan fingerprint density at radius 3 is 2.79 bits per heavy atom. The molecule has 96 valence electrons. The average Bonchev–Trinajstić information content (AvgIpc) is 2.83. The lowest BCUT2D eigenvalue weighted by Gasteiger charge is -2.09. The highest BCUT2D eigenvalue weighted by Crippen LogP contribution is 2.37. The fourth-order valence-corrected chi connectivity index (χ4v) is 3.52. The van der Waals surface area contributed by atoms with Crippen molar-refractivity contribution in [3.63, 3.8) is 0 Å². The maximum atomic E-state index is 12.2. The van der Waals surface area contributed by atoms with E-state index in [2.05, 4.69) is 30.4 Å². The summed E-state index contributed by atoms with van der Waals surface area (Å²) in [5, 5.41) is 2.96. The molecule has 19 heavy (non-hydrogen) atoms. The molecule has 3 heteroatoms. The standard InChI is InChI=1S/C16H15NOS/c1-11-7-8-12-10-15(19-14(12)9-11)16(18)17-13-5-3-2-4-6-13/h2-9,15H,10H2,1H3,(H,17,18)/t15-/m0/s1. The molecular weight excluding hydrogens is 254 g/mol. The summed E-state index contributed by atoms with van der Waals surface area (Å²) < 4.78 is 0. The first-order valence-electron chi connectivity index (χ1n) is 6.34. The third kappa shape index (κ3) is 2.66. The first-order chi connectivity index (χ1) is 9.22. The Morgan fingerprint density at radius 1 is 1.21 bits per heavy atom. The number of carbonyl (C=O) groups excluding carboxylic acids is 1. The van der Waals surface area contributed by atoms with E-state index < -0.39 is 0 Å². The lowest BCUT2D eigenvalue weighted by Crippen LogP contribution is -2.24. The van der Waals surface area contributed by atoms with Crippen LogP contribution >= 0.6 is 11.8 Å². The van der Waals surface area contributed by atoms with Crippen molar-refractivity contribution < 1.29 is 4.79 Å². The lowest BCUT2D eigenvalue weighted by molar-refractivity contribution is -0.115. The van der Waals surface area contributed by atoms with Crippen molar-refractivity contribution in [2.75, 3.05) is 5.32 Å². The van der Waals surface area contributed by atoms with Gasteiger partial charge in [0.05, 0.1) is 5.25 Å². The van der Waals surface area contributed by atoms with Crippen LogP contribution in [0.25, 0.3) is 0 Å². The van der Waals surface area contributed by atoms with Crippen molar-refractivity contribution in [2.45, 2.75) is 23.5 Å². The molecule has 1 atom stereocenters. The summed E-state index contributed by atoms with van der Waals surface area (Å²) in [6.45, 7) is 2.08. The monoisotopic (exact) mass is 269 g/mol. The van der Waals surface area contributed by atoms with Crippen LogP contribution in [0.4, 0.5) is 5.69 Å². The van der Waals surface area contributed by atoms with E-state index in [4.69, 9.17) is 0 Å². The summed E-state index contributed by atoms with van der Waals surface area (Å²) in [6.07, 6.45) is 0.818. The van der Waals surface area contributed by atoms with Gasteiger partial charge in [0, 0.05) is 10.6 Å². The van der Waals surface area contributed by atoms with Crippen LogP contribution in [0.2, 0.25) is 0 Å². The predicted molar refractivity (Wildman–Crippen MR) is 79.6 cm³/mol. The number of thioether (sulfide) groups is 1. The molecule has 0 saturated carbocycles. The number of fused-ring (bicyclic) bond motifs is 1. The summed E-state index contributed by atoms with van der Waals surface area (Å²) >= 11 is 1.67. The van der Waals surface area contributed by atoms with E-state index in [-0.39, 0.29) is 11.2 Å². The van der Waals surface area contributed by atoms with Crippen molar-refractivity contribution in [1.82, 2.24) is 0 Å². The molecule has 1 heterocycles. The molecule has 0 aromatic heterocycles. The number of amides is 1. The second-order valence-electron chi connectivity index (χ2n) is 4.78. The van der Waals surface area contributed by atoms with Gasteiger partial charge in [-0.2, -0.15) is 0 Å². The molecule has 0 saturated heterocycles. The second-order valence-corrected chi connectivity index (χ2v) is 6.02. The third-order valence-electron chi connectivity index (χ3n) is 3.23. The summed E-state index contributed by atoms with van der Waals surface area (Å²) in [5.74, 6) is 0.0880. The molecule has 0 fully saturated rings. The van der Waals surface area contributed by atoms with Crippen LogP contribution in [0.3, 0.4) is 0 Å². The quantitative estimate of drug-likeness (QED) is 0.901. The highest BCUT2D eigenvalue weighted by Gasteiger charge is 2.28. The minimum absolute atomic E-state index is 0.0167. The van der Waals surface area contributed by atoms with Crippen LogP contribution in [0.1, 0.15) is 11.1 Å². The van der Waals surface area contributed by atoms with Crippen molar-refractivity contribution in [3.8, 4) is 0 Å². The zero-order valence-electron chi connectivity index (χ0n) is 10.7. The Bertz CT molecular complexity index is 609. The molecule has 2 aromatic rings. The smallest absolute Gasteiger partial charge is 0.238 e. The zero-order chi connectivity index (χ0) is 13.2. The molecule has 0 aliphatic carbocycles. The van der Waals surface area contributed by atoms with E-state index in [0.717, 1.165) is 12.1 Å². The van der Waals surface area contributed by atoms with Crippen LogP contribution in [0, 0.1) is 6.92 Å². The highest BCUT2D eigenvalue weighted by atomic mass is 32.2. The van der Waals surface area contributed by atoms with Gasteiger partial charge in [-0.05, 0) is 37.1 Å². The Hall–Kier alpha value is -1.74. The van der Waals surface area contributed by atoms with Crippen LogP contribution in [-0.2, 0) is 11.2 Å². The number of para-hydroxylation sites is 1. The first kappa shape index (κ1) is 12.3. The van der Waals surface area contributed by atoms with E-state index in [1.165, 1.54) is 16.0 Å². The fraction of sp³-hybridized carbons (Fsp3) is 0.188. The topological polar surface area (TPSA) is 29.1 Å². The molecule has 0 spiro atoms. The summed E-state index contributed by atoms with van der Waals surface area (Å²) in [4.78, 5) is 13.5. The van der Waals surface area contributed by atoms with Gasteiger partial charge >= 0.3 is 0 Å². The Morgan fingerprint density at radius 2 is 2.00 bits per heavy atom. The van der Waals surface area contributed by atoms with Crippen LogP contribution in [-0.4, -0.2) is 11.2 Å². The Balaban J connectivity index is 1.71. The van der Waals surface area contributed by atoms with Gasteiger partial charge in [0.1, 0.15) is 0 Å². The molecule has 1 aliphatic heterocycles. The first-order valence-corrected chi connectivity index (χ1v) is 7.22.